The van der Waals surface area contributed by atoms with E-state index in [0.29, 0.717) is 28.8 Å². The van der Waals surface area contributed by atoms with Gasteiger partial charge in [-0.2, -0.15) is 0 Å². The van der Waals surface area contributed by atoms with Crippen molar-refractivity contribution in [2.24, 2.45) is 0 Å². The average Bonchev–Trinajstić information content (AvgIpc) is 3.13. The number of amides is 1. The Morgan fingerprint density at radius 3 is 2.58 bits per heavy atom. The van der Waals surface area contributed by atoms with E-state index in [-0.39, 0.29) is 24.3 Å². The van der Waals surface area contributed by atoms with E-state index >= 15 is 0 Å². The van der Waals surface area contributed by atoms with Crippen molar-refractivity contribution in [3.8, 4) is 0 Å². The van der Waals surface area contributed by atoms with E-state index in [1.165, 1.54) is 7.11 Å². The summed E-state index contributed by atoms with van der Waals surface area (Å²) in [6, 6.07) is 8.96. The standard InChI is InChI=1S/C19H20Cl2N2O3/c1-26-19(25)17-3-2-8-23(17)15-6-9-22(10-7-15)18(24)11-13-4-5-14(20)12-16(13)21/h2-5,8,12,15H,6-7,9-11H2,1H3. The van der Waals surface area contributed by atoms with Gasteiger partial charge in [0.25, 0.3) is 0 Å². The number of ether oxygens (including phenoxy) is 1. The van der Waals surface area contributed by atoms with E-state index in [1.807, 2.05) is 21.7 Å². The molecule has 138 valence electrons. The van der Waals surface area contributed by atoms with Crippen molar-refractivity contribution in [1.29, 1.82) is 0 Å². The first-order valence-corrected chi connectivity index (χ1v) is 9.22. The highest BCUT2D eigenvalue weighted by Gasteiger charge is 2.26. The Labute approximate surface area is 162 Å². The molecule has 1 fully saturated rings. The lowest BCUT2D eigenvalue weighted by molar-refractivity contribution is -0.131. The summed E-state index contributed by atoms with van der Waals surface area (Å²) in [4.78, 5) is 26.3. The highest BCUT2D eigenvalue weighted by Crippen LogP contribution is 2.26. The van der Waals surface area contributed by atoms with Gasteiger partial charge < -0.3 is 14.2 Å². The van der Waals surface area contributed by atoms with Crippen molar-refractivity contribution in [1.82, 2.24) is 9.47 Å². The van der Waals surface area contributed by atoms with Crippen LogP contribution in [0.3, 0.4) is 0 Å². The molecule has 2 heterocycles. The van der Waals surface area contributed by atoms with Gasteiger partial charge in [-0.1, -0.05) is 29.3 Å². The van der Waals surface area contributed by atoms with Crippen LogP contribution in [0.15, 0.2) is 36.5 Å². The van der Waals surface area contributed by atoms with Gasteiger partial charge >= 0.3 is 5.97 Å². The summed E-state index contributed by atoms with van der Waals surface area (Å²) in [6.07, 6.45) is 3.73. The van der Waals surface area contributed by atoms with Crippen molar-refractivity contribution < 1.29 is 14.3 Å². The molecule has 3 rings (SSSR count). The zero-order valence-corrected chi connectivity index (χ0v) is 16.0. The van der Waals surface area contributed by atoms with E-state index in [4.69, 9.17) is 27.9 Å². The number of halogens is 2. The first-order valence-electron chi connectivity index (χ1n) is 8.46. The molecule has 1 aromatic heterocycles. The first kappa shape index (κ1) is 18.8. The van der Waals surface area contributed by atoms with Crippen LogP contribution in [0.2, 0.25) is 10.0 Å². The molecule has 0 unspecified atom stereocenters. The highest BCUT2D eigenvalue weighted by atomic mass is 35.5. The Bertz CT molecular complexity index is 811. The Hall–Kier alpha value is -1.98. The van der Waals surface area contributed by atoms with Crippen LogP contribution in [0, 0.1) is 0 Å². The van der Waals surface area contributed by atoms with Crippen LogP contribution in [0.25, 0.3) is 0 Å². The summed E-state index contributed by atoms with van der Waals surface area (Å²) in [5, 5.41) is 1.07. The molecule has 1 aliphatic heterocycles. The van der Waals surface area contributed by atoms with Gasteiger partial charge in [0.15, 0.2) is 0 Å². The van der Waals surface area contributed by atoms with Gasteiger partial charge in [-0.25, -0.2) is 4.79 Å². The number of hydrogen-bond donors (Lipinski definition) is 0. The third-order valence-corrected chi connectivity index (χ3v) is 5.33. The van der Waals surface area contributed by atoms with Gasteiger partial charge in [-0.15, -0.1) is 0 Å². The molecule has 26 heavy (non-hydrogen) atoms. The van der Waals surface area contributed by atoms with Crippen molar-refractivity contribution in [2.45, 2.75) is 25.3 Å². The van der Waals surface area contributed by atoms with Gasteiger partial charge in [-0.05, 0) is 42.7 Å². The number of carbonyl (C=O) groups is 2. The van der Waals surface area contributed by atoms with E-state index in [9.17, 15) is 9.59 Å². The van der Waals surface area contributed by atoms with Gasteiger partial charge in [0, 0.05) is 35.4 Å². The molecule has 1 saturated heterocycles. The maximum atomic E-state index is 12.6. The summed E-state index contributed by atoms with van der Waals surface area (Å²) in [7, 11) is 1.38. The second-order valence-electron chi connectivity index (χ2n) is 6.32. The van der Waals surface area contributed by atoms with Gasteiger partial charge in [-0.3, -0.25) is 4.79 Å². The predicted molar refractivity (Wildman–Crippen MR) is 101 cm³/mol. The number of methoxy groups -OCH3 is 1. The van der Waals surface area contributed by atoms with Gasteiger partial charge in [0.1, 0.15) is 5.69 Å². The van der Waals surface area contributed by atoms with E-state index in [1.54, 1.807) is 24.3 Å². The number of likely N-dealkylation sites (tertiary alicyclic amines) is 1. The van der Waals surface area contributed by atoms with Crippen molar-refractivity contribution >= 4 is 35.1 Å². The molecule has 5 nitrogen and oxygen atoms in total. The fourth-order valence-corrected chi connectivity index (χ4v) is 3.80. The summed E-state index contributed by atoms with van der Waals surface area (Å²) >= 11 is 12.1. The third-order valence-electron chi connectivity index (χ3n) is 4.74. The van der Waals surface area contributed by atoms with Crippen molar-refractivity contribution in [3.63, 3.8) is 0 Å². The lowest BCUT2D eigenvalue weighted by atomic mass is 10.0. The van der Waals surface area contributed by atoms with Crippen LogP contribution < -0.4 is 0 Å². The Kier molecular flexibility index (Phi) is 5.89. The Balaban J connectivity index is 1.61. The summed E-state index contributed by atoms with van der Waals surface area (Å²) in [5.74, 6) is -0.292. The second-order valence-corrected chi connectivity index (χ2v) is 7.16. The smallest absolute Gasteiger partial charge is 0.354 e. The maximum Gasteiger partial charge on any atom is 0.354 e. The van der Waals surface area contributed by atoms with Gasteiger partial charge in [0.2, 0.25) is 5.91 Å². The van der Waals surface area contributed by atoms with Crippen LogP contribution in [0.1, 0.15) is 34.9 Å². The number of hydrogen-bond acceptors (Lipinski definition) is 3. The molecule has 2 aromatic rings. The fraction of sp³-hybridized carbons (Fsp3) is 0.368. The molecule has 0 bridgehead atoms. The van der Waals surface area contributed by atoms with Crippen LogP contribution in [-0.2, 0) is 16.0 Å². The summed E-state index contributed by atoms with van der Waals surface area (Å²) in [6.45, 7) is 1.29. The molecular formula is C19H20Cl2N2O3. The zero-order chi connectivity index (χ0) is 18.7. The summed E-state index contributed by atoms with van der Waals surface area (Å²) in [5.41, 5.74) is 1.33. The first-order chi connectivity index (χ1) is 12.5. The molecule has 0 aliphatic carbocycles. The largest absolute Gasteiger partial charge is 0.464 e. The number of nitrogens with zero attached hydrogens (tertiary/aromatic N) is 2. The zero-order valence-electron chi connectivity index (χ0n) is 14.5. The molecule has 0 N–H and O–H groups in total. The van der Waals surface area contributed by atoms with Crippen LogP contribution in [0.4, 0.5) is 0 Å². The summed E-state index contributed by atoms with van der Waals surface area (Å²) < 4.78 is 6.77. The highest BCUT2D eigenvalue weighted by molar-refractivity contribution is 6.35. The number of piperidine rings is 1. The van der Waals surface area contributed by atoms with Crippen LogP contribution in [0.5, 0.6) is 0 Å². The molecule has 0 saturated carbocycles. The molecule has 1 amide bonds. The second kappa shape index (κ2) is 8.14. The number of aromatic nitrogens is 1. The molecule has 0 spiro atoms. The number of benzene rings is 1. The number of esters is 1. The Morgan fingerprint density at radius 2 is 1.92 bits per heavy atom. The predicted octanol–water partition coefficient (Wildman–Crippen LogP) is 3.99. The topological polar surface area (TPSA) is 51.5 Å². The monoisotopic (exact) mass is 394 g/mol. The minimum atomic E-state index is -0.342. The van der Waals surface area contributed by atoms with Crippen molar-refractivity contribution in [3.05, 3.63) is 57.8 Å². The Morgan fingerprint density at radius 1 is 1.19 bits per heavy atom. The number of carbonyl (C=O) groups excluding carboxylic acids is 2. The SMILES string of the molecule is COC(=O)c1cccn1C1CCN(C(=O)Cc2ccc(Cl)cc2Cl)CC1. The molecule has 7 heteroatoms. The molecule has 1 aliphatic rings. The minimum Gasteiger partial charge on any atom is -0.464 e. The van der Waals surface area contributed by atoms with E-state index in [0.717, 1.165) is 18.4 Å². The third kappa shape index (κ3) is 4.05. The molecule has 0 radical (unpaired) electrons. The maximum absolute atomic E-state index is 12.6. The van der Waals surface area contributed by atoms with Crippen LogP contribution in [-0.4, -0.2) is 41.5 Å². The molecule has 0 atom stereocenters. The van der Waals surface area contributed by atoms with E-state index in [2.05, 4.69) is 0 Å². The normalized spacial score (nSPS) is 15.1. The lowest BCUT2D eigenvalue weighted by Gasteiger charge is -2.33. The number of rotatable bonds is 4. The average molecular weight is 395 g/mol. The molecule has 1 aromatic carbocycles. The minimum absolute atomic E-state index is 0.0494. The van der Waals surface area contributed by atoms with Gasteiger partial charge in [0.05, 0.1) is 13.5 Å². The fourth-order valence-electron chi connectivity index (χ4n) is 3.32. The van der Waals surface area contributed by atoms with Crippen molar-refractivity contribution in [2.75, 3.05) is 20.2 Å². The van der Waals surface area contributed by atoms with Crippen LogP contribution >= 0.6 is 23.2 Å². The van der Waals surface area contributed by atoms with E-state index < -0.39 is 0 Å². The quantitative estimate of drug-likeness (QED) is 0.736. The molecular weight excluding hydrogens is 375 g/mol. The lowest BCUT2D eigenvalue weighted by Crippen LogP contribution is -2.40.